The fourth-order valence-electron chi connectivity index (χ4n) is 3.24. The average Bonchev–Trinajstić information content (AvgIpc) is 3.13. The van der Waals surface area contributed by atoms with Crippen LogP contribution in [0.25, 0.3) is 27.7 Å². The molecule has 1 amide bonds. The van der Waals surface area contributed by atoms with Crippen LogP contribution in [0.4, 0.5) is 0 Å². The maximum atomic E-state index is 12.2. The van der Waals surface area contributed by atoms with Crippen LogP contribution in [0, 0.1) is 6.92 Å². The second-order valence-corrected chi connectivity index (χ2v) is 7.03. The summed E-state index contributed by atoms with van der Waals surface area (Å²) < 4.78 is 16.3. The quantitative estimate of drug-likeness (QED) is 0.433. The SMILES string of the molecule is COCCCNC(=O)/C=C(\C)c1cc2c(-c3ccc(C)cc3)coc2cc1OC. The third-order valence-corrected chi connectivity index (χ3v) is 4.86. The third-order valence-electron chi connectivity index (χ3n) is 4.86. The maximum Gasteiger partial charge on any atom is 0.244 e. The summed E-state index contributed by atoms with van der Waals surface area (Å²) in [5, 5.41) is 3.86. The first-order valence-electron chi connectivity index (χ1n) is 9.65. The Morgan fingerprint density at radius 1 is 1.17 bits per heavy atom. The normalized spacial score (nSPS) is 11.7. The molecule has 0 spiro atoms. The number of hydrogen-bond donors (Lipinski definition) is 1. The highest BCUT2D eigenvalue weighted by atomic mass is 16.5. The Bertz CT molecular complexity index is 1020. The molecule has 152 valence electrons. The highest BCUT2D eigenvalue weighted by Crippen LogP contribution is 2.37. The van der Waals surface area contributed by atoms with Crippen molar-refractivity contribution < 1.29 is 18.7 Å². The summed E-state index contributed by atoms with van der Waals surface area (Å²) in [5.74, 6) is 0.537. The molecule has 3 aromatic rings. The zero-order valence-corrected chi connectivity index (χ0v) is 17.4. The molecule has 0 aliphatic heterocycles. The highest BCUT2D eigenvalue weighted by Gasteiger charge is 2.15. The van der Waals surface area contributed by atoms with Crippen molar-refractivity contribution >= 4 is 22.4 Å². The molecule has 1 aromatic heterocycles. The fraction of sp³-hybridized carbons (Fsp3) is 0.292. The molecule has 0 saturated heterocycles. The Morgan fingerprint density at radius 2 is 1.93 bits per heavy atom. The molecule has 0 radical (unpaired) electrons. The summed E-state index contributed by atoms with van der Waals surface area (Å²) >= 11 is 0. The highest BCUT2D eigenvalue weighted by molar-refractivity contribution is 6.00. The number of rotatable bonds is 8. The van der Waals surface area contributed by atoms with E-state index in [9.17, 15) is 4.79 Å². The van der Waals surface area contributed by atoms with Crippen molar-refractivity contribution in [2.75, 3.05) is 27.4 Å². The van der Waals surface area contributed by atoms with Crippen molar-refractivity contribution in [3.63, 3.8) is 0 Å². The van der Waals surface area contributed by atoms with Gasteiger partial charge in [0.25, 0.3) is 0 Å². The van der Waals surface area contributed by atoms with E-state index >= 15 is 0 Å². The molecule has 2 aromatic carbocycles. The van der Waals surface area contributed by atoms with E-state index in [0.717, 1.165) is 39.7 Å². The monoisotopic (exact) mass is 393 g/mol. The van der Waals surface area contributed by atoms with E-state index in [2.05, 4.69) is 36.5 Å². The minimum absolute atomic E-state index is 0.133. The summed E-state index contributed by atoms with van der Waals surface area (Å²) in [6.07, 6.45) is 4.14. The molecule has 0 bridgehead atoms. The molecule has 1 N–H and O–H groups in total. The Balaban J connectivity index is 1.94. The lowest BCUT2D eigenvalue weighted by Gasteiger charge is -2.10. The number of hydrogen-bond acceptors (Lipinski definition) is 4. The van der Waals surface area contributed by atoms with E-state index < -0.39 is 0 Å². The summed E-state index contributed by atoms with van der Waals surface area (Å²) in [7, 11) is 3.27. The molecule has 1 heterocycles. The van der Waals surface area contributed by atoms with Crippen LogP contribution in [0.5, 0.6) is 5.75 Å². The van der Waals surface area contributed by atoms with Gasteiger partial charge in [0.2, 0.25) is 5.91 Å². The van der Waals surface area contributed by atoms with Gasteiger partial charge in [0.15, 0.2) is 0 Å². The Kier molecular flexibility index (Phi) is 6.73. The van der Waals surface area contributed by atoms with Crippen molar-refractivity contribution in [1.29, 1.82) is 0 Å². The number of allylic oxidation sites excluding steroid dienone is 1. The van der Waals surface area contributed by atoms with Crippen molar-refractivity contribution in [3.05, 3.63) is 59.9 Å². The van der Waals surface area contributed by atoms with E-state index in [4.69, 9.17) is 13.9 Å². The molecule has 0 atom stereocenters. The number of ether oxygens (including phenoxy) is 2. The van der Waals surface area contributed by atoms with Crippen LogP contribution >= 0.6 is 0 Å². The van der Waals surface area contributed by atoms with Crippen LogP contribution in [-0.4, -0.2) is 33.3 Å². The first-order chi connectivity index (χ1) is 14.0. The second kappa shape index (κ2) is 9.43. The van der Waals surface area contributed by atoms with Crippen LogP contribution < -0.4 is 10.1 Å². The minimum atomic E-state index is -0.133. The number of amides is 1. The third kappa shape index (κ3) is 4.87. The van der Waals surface area contributed by atoms with Gasteiger partial charge in [-0.25, -0.2) is 0 Å². The number of benzene rings is 2. The van der Waals surface area contributed by atoms with Crippen molar-refractivity contribution in [3.8, 4) is 16.9 Å². The van der Waals surface area contributed by atoms with Gasteiger partial charge in [0.05, 0.1) is 13.4 Å². The standard InChI is InChI=1S/C24H27NO4/c1-16-6-8-18(9-7-16)21-15-29-23-14-22(28-4)19(13-20(21)23)17(2)12-24(26)25-10-5-11-27-3/h6-9,12-15H,5,10-11H2,1-4H3,(H,25,26)/b17-12+. The fourth-order valence-corrected chi connectivity index (χ4v) is 3.24. The number of methoxy groups -OCH3 is 2. The lowest BCUT2D eigenvalue weighted by atomic mass is 9.99. The van der Waals surface area contributed by atoms with Crippen molar-refractivity contribution in [1.82, 2.24) is 5.32 Å². The van der Waals surface area contributed by atoms with Gasteiger partial charge in [-0.05, 0) is 37.5 Å². The lowest BCUT2D eigenvalue weighted by molar-refractivity contribution is -0.116. The van der Waals surface area contributed by atoms with Gasteiger partial charge in [-0.3, -0.25) is 4.79 Å². The van der Waals surface area contributed by atoms with E-state index in [0.29, 0.717) is 18.9 Å². The Morgan fingerprint density at radius 3 is 2.62 bits per heavy atom. The summed E-state index contributed by atoms with van der Waals surface area (Å²) in [6.45, 7) is 5.17. The average molecular weight is 393 g/mol. The molecule has 5 heteroatoms. The predicted octanol–water partition coefficient (Wildman–Crippen LogP) is 4.97. The van der Waals surface area contributed by atoms with E-state index in [-0.39, 0.29) is 5.91 Å². The van der Waals surface area contributed by atoms with Gasteiger partial charge in [-0.1, -0.05) is 29.8 Å². The molecule has 0 unspecified atom stereocenters. The Hall–Kier alpha value is -3.05. The maximum absolute atomic E-state index is 12.2. The van der Waals surface area contributed by atoms with E-state index in [1.54, 1.807) is 26.6 Å². The molecule has 3 rings (SSSR count). The Labute approximate surface area is 171 Å². The number of carbonyl (C=O) groups excluding carboxylic acids is 1. The smallest absolute Gasteiger partial charge is 0.244 e. The van der Waals surface area contributed by atoms with Gasteiger partial charge in [0.1, 0.15) is 11.3 Å². The molecular formula is C24H27NO4. The van der Waals surface area contributed by atoms with Gasteiger partial charge < -0.3 is 19.2 Å². The number of nitrogens with one attached hydrogen (secondary N) is 1. The molecular weight excluding hydrogens is 366 g/mol. The largest absolute Gasteiger partial charge is 0.496 e. The summed E-state index contributed by atoms with van der Waals surface area (Å²) in [4.78, 5) is 12.2. The van der Waals surface area contributed by atoms with Gasteiger partial charge in [-0.15, -0.1) is 0 Å². The minimum Gasteiger partial charge on any atom is -0.496 e. The molecule has 0 aliphatic rings. The first-order valence-corrected chi connectivity index (χ1v) is 9.65. The molecule has 5 nitrogen and oxygen atoms in total. The first kappa shape index (κ1) is 20.7. The summed E-state index contributed by atoms with van der Waals surface area (Å²) in [5.41, 5.74) is 5.74. The molecule has 0 aliphatic carbocycles. The van der Waals surface area contributed by atoms with Crippen LogP contribution in [0.3, 0.4) is 0 Å². The zero-order chi connectivity index (χ0) is 20.8. The van der Waals surface area contributed by atoms with Gasteiger partial charge >= 0.3 is 0 Å². The van der Waals surface area contributed by atoms with Crippen LogP contribution in [0.15, 0.2) is 53.2 Å². The van der Waals surface area contributed by atoms with Crippen LogP contribution in [0.1, 0.15) is 24.5 Å². The zero-order valence-electron chi connectivity index (χ0n) is 17.4. The van der Waals surface area contributed by atoms with Crippen LogP contribution in [-0.2, 0) is 9.53 Å². The van der Waals surface area contributed by atoms with E-state index in [1.165, 1.54) is 5.56 Å². The lowest BCUT2D eigenvalue weighted by Crippen LogP contribution is -2.23. The van der Waals surface area contributed by atoms with Crippen molar-refractivity contribution in [2.45, 2.75) is 20.3 Å². The second-order valence-electron chi connectivity index (χ2n) is 7.03. The summed E-state index contributed by atoms with van der Waals surface area (Å²) in [6, 6.07) is 12.2. The van der Waals surface area contributed by atoms with E-state index in [1.807, 2.05) is 19.1 Å². The van der Waals surface area contributed by atoms with Gasteiger partial charge in [0, 0.05) is 48.9 Å². The molecule has 0 saturated carbocycles. The van der Waals surface area contributed by atoms with Gasteiger partial charge in [-0.2, -0.15) is 0 Å². The number of furan rings is 1. The molecule has 0 fully saturated rings. The molecule has 29 heavy (non-hydrogen) atoms. The topological polar surface area (TPSA) is 60.7 Å². The van der Waals surface area contributed by atoms with Crippen LogP contribution in [0.2, 0.25) is 0 Å². The van der Waals surface area contributed by atoms with Crippen molar-refractivity contribution in [2.24, 2.45) is 0 Å². The number of aryl methyl sites for hydroxylation is 1. The number of carbonyl (C=O) groups is 1. The predicted molar refractivity (Wildman–Crippen MR) is 116 cm³/mol. The number of fused-ring (bicyclic) bond motifs is 1.